The Kier molecular flexibility index (Phi) is 5.58. The van der Waals surface area contributed by atoms with Gasteiger partial charge < -0.3 is 15.3 Å². The summed E-state index contributed by atoms with van der Waals surface area (Å²) in [7, 11) is -0.932. The standard InChI is InChI=1S/C12H26N2O3S/c1-4-13-12(10-15)6-5-11(9-12)14(2)7-8-18(3,16)17/h11,13,15H,4-10H2,1-3H3. The Balaban J connectivity index is 2.50. The molecule has 18 heavy (non-hydrogen) atoms. The molecule has 1 aliphatic rings. The third kappa shape index (κ3) is 4.50. The molecule has 0 aromatic rings. The Labute approximate surface area is 110 Å². The van der Waals surface area contributed by atoms with Crippen molar-refractivity contribution in [1.82, 2.24) is 10.2 Å². The van der Waals surface area contributed by atoms with Crippen LogP contribution in [0.3, 0.4) is 0 Å². The summed E-state index contributed by atoms with van der Waals surface area (Å²) in [6.45, 7) is 3.60. The molecule has 1 rings (SSSR count). The maximum atomic E-state index is 11.2. The highest BCUT2D eigenvalue weighted by Crippen LogP contribution is 2.32. The molecule has 0 saturated heterocycles. The highest BCUT2D eigenvalue weighted by atomic mass is 32.2. The van der Waals surface area contributed by atoms with E-state index in [4.69, 9.17) is 0 Å². The summed E-state index contributed by atoms with van der Waals surface area (Å²) in [5, 5.41) is 12.9. The van der Waals surface area contributed by atoms with Crippen LogP contribution in [-0.4, -0.2) is 68.8 Å². The van der Waals surface area contributed by atoms with Crippen molar-refractivity contribution in [3.63, 3.8) is 0 Å². The molecule has 5 nitrogen and oxygen atoms in total. The first-order chi connectivity index (χ1) is 8.32. The van der Waals surface area contributed by atoms with Crippen molar-refractivity contribution in [3.05, 3.63) is 0 Å². The second kappa shape index (κ2) is 6.32. The van der Waals surface area contributed by atoms with Gasteiger partial charge in [0.05, 0.1) is 12.4 Å². The molecule has 0 aromatic heterocycles. The van der Waals surface area contributed by atoms with Crippen LogP contribution in [0.5, 0.6) is 0 Å². The van der Waals surface area contributed by atoms with E-state index in [1.807, 2.05) is 14.0 Å². The summed E-state index contributed by atoms with van der Waals surface area (Å²) in [4.78, 5) is 2.11. The normalized spacial score (nSPS) is 29.1. The number of likely N-dealkylation sites (N-methyl/N-ethyl adjacent to an activating group) is 1. The highest BCUT2D eigenvalue weighted by Gasteiger charge is 2.39. The van der Waals surface area contributed by atoms with Crippen LogP contribution in [-0.2, 0) is 9.84 Å². The van der Waals surface area contributed by atoms with Crippen LogP contribution in [0.25, 0.3) is 0 Å². The van der Waals surface area contributed by atoms with Crippen LogP contribution < -0.4 is 5.32 Å². The Morgan fingerprint density at radius 2 is 2.17 bits per heavy atom. The molecule has 2 N–H and O–H groups in total. The van der Waals surface area contributed by atoms with E-state index in [1.165, 1.54) is 6.26 Å². The Morgan fingerprint density at radius 3 is 2.67 bits per heavy atom. The molecule has 0 heterocycles. The zero-order valence-corrected chi connectivity index (χ0v) is 12.5. The number of nitrogens with zero attached hydrogens (tertiary/aromatic N) is 1. The summed E-state index contributed by atoms with van der Waals surface area (Å²) < 4.78 is 22.3. The topological polar surface area (TPSA) is 69.6 Å². The smallest absolute Gasteiger partial charge is 0.148 e. The average Bonchev–Trinajstić information content (AvgIpc) is 2.70. The summed E-state index contributed by atoms with van der Waals surface area (Å²) in [5.41, 5.74) is -0.168. The fourth-order valence-corrected chi connectivity index (χ4v) is 3.32. The maximum Gasteiger partial charge on any atom is 0.148 e. The molecule has 0 amide bonds. The van der Waals surface area contributed by atoms with Crippen molar-refractivity contribution in [2.45, 2.75) is 37.8 Å². The maximum absolute atomic E-state index is 11.2. The molecule has 0 bridgehead atoms. The predicted molar refractivity (Wildman–Crippen MR) is 73.5 cm³/mol. The van der Waals surface area contributed by atoms with Crippen LogP contribution in [0.4, 0.5) is 0 Å². The third-order valence-electron chi connectivity index (χ3n) is 3.88. The number of hydrogen-bond donors (Lipinski definition) is 2. The first-order valence-corrected chi connectivity index (χ1v) is 8.62. The Morgan fingerprint density at radius 1 is 1.50 bits per heavy atom. The van der Waals surface area contributed by atoms with Crippen LogP contribution in [0.2, 0.25) is 0 Å². The molecule has 1 saturated carbocycles. The minimum atomic E-state index is -2.90. The largest absolute Gasteiger partial charge is 0.394 e. The van der Waals surface area contributed by atoms with E-state index in [0.29, 0.717) is 12.6 Å². The molecule has 0 aliphatic heterocycles. The van der Waals surface area contributed by atoms with Gasteiger partial charge in [-0.05, 0) is 32.9 Å². The predicted octanol–water partition coefficient (Wildman–Crippen LogP) is -0.144. The SMILES string of the molecule is CCNC1(CO)CCC(N(C)CCS(C)(=O)=O)C1. The van der Waals surface area contributed by atoms with Crippen molar-refractivity contribution in [3.8, 4) is 0 Å². The lowest BCUT2D eigenvalue weighted by Gasteiger charge is -2.30. The van der Waals surface area contributed by atoms with Gasteiger partial charge >= 0.3 is 0 Å². The van der Waals surface area contributed by atoms with Gasteiger partial charge in [0.1, 0.15) is 9.84 Å². The number of nitrogens with one attached hydrogen (secondary N) is 1. The van der Waals surface area contributed by atoms with Crippen molar-refractivity contribution in [2.75, 3.05) is 38.8 Å². The fourth-order valence-electron chi connectivity index (χ4n) is 2.70. The monoisotopic (exact) mass is 278 g/mol. The molecule has 6 heteroatoms. The second-order valence-corrected chi connectivity index (χ2v) is 7.74. The molecule has 1 fully saturated rings. The number of aliphatic hydroxyl groups is 1. The lowest BCUT2D eigenvalue weighted by atomic mass is 9.98. The summed E-state index contributed by atoms with van der Waals surface area (Å²) in [6.07, 6.45) is 4.11. The van der Waals surface area contributed by atoms with E-state index in [-0.39, 0.29) is 17.9 Å². The fraction of sp³-hybridized carbons (Fsp3) is 1.00. The van der Waals surface area contributed by atoms with Crippen LogP contribution >= 0.6 is 0 Å². The van der Waals surface area contributed by atoms with Gasteiger partial charge in [0.2, 0.25) is 0 Å². The average molecular weight is 278 g/mol. The van der Waals surface area contributed by atoms with Crippen LogP contribution in [0.15, 0.2) is 0 Å². The van der Waals surface area contributed by atoms with Gasteiger partial charge in [-0.2, -0.15) is 0 Å². The molecule has 0 aromatic carbocycles. The molecular formula is C12H26N2O3S. The van der Waals surface area contributed by atoms with Gasteiger partial charge in [-0.25, -0.2) is 8.42 Å². The first kappa shape index (κ1) is 15.9. The second-order valence-electron chi connectivity index (χ2n) is 5.48. The van der Waals surface area contributed by atoms with Crippen LogP contribution in [0.1, 0.15) is 26.2 Å². The lowest BCUT2D eigenvalue weighted by Crippen LogP contribution is -2.47. The molecule has 1 aliphatic carbocycles. The zero-order valence-electron chi connectivity index (χ0n) is 11.6. The molecule has 2 atom stereocenters. The van der Waals surface area contributed by atoms with E-state index in [9.17, 15) is 13.5 Å². The summed E-state index contributed by atoms with van der Waals surface area (Å²) in [5.74, 6) is 0.202. The number of aliphatic hydroxyl groups excluding tert-OH is 1. The van der Waals surface area contributed by atoms with Gasteiger partial charge in [0, 0.05) is 24.4 Å². The van der Waals surface area contributed by atoms with E-state index >= 15 is 0 Å². The van der Waals surface area contributed by atoms with E-state index in [0.717, 1.165) is 25.8 Å². The Hall–Kier alpha value is -0.170. The van der Waals surface area contributed by atoms with Gasteiger partial charge in [0.15, 0.2) is 0 Å². The number of rotatable bonds is 7. The van der Waals surface area contributed by atoms with E-state index in [1.54, 1.807) is 0 Å². The van der Waals surface area contributed by atoms with E-state index in [2.05, 4.69) is 10.2 Å². The third-order valence-corrected chi connectivity index (χ3v) is 4.80. The molecule has 108 valence electrons. The first-order valence-electron chi connectivity index (χ1n) is 6.56. The summed E-state index contributed by atoms with van der Waals surface area (Å²) >= 11 is 0. The Bertz CT molecular complexity index is 358. The lowest BCUT2D eigenvalue weighted by molar-refractivity contribution is 0.153. The van der Waals surface area contributed by atoms with Crippen LogP contribution in [0, 0.1) is 0 Å². The van der Waals surface area contributed by atoms with Gasteiger partial charge in [0.25, 0.3) is 0 Å². The molecule has 0 radical (unpaired) electrons. The molecular weight excluding hydrogens is 252 g/mol. The minimum Gasteiger partial charge on any atom is -0.394 e. The van der Waals surface area contributed by atoms with Crippen molar-refractivity contribution < 1.29 is 13.5 Å². The number of sulfone groups is 1. The highest BCUT2D eigenvalue weighted by molar-refractivity contribution is 7.90. The summed E-state index contributed by atoms with van der Waals surface area (Å²) in [6, 6.07) is 0.359. The number of hydrogen-bond acceptors (Lipinski definition) is 5. The van der Waals surface area contributed by atoms with Crippen molar-refractivity contribution >= 4 is 9.84 Å². The quantitative estimate of drug-likeness (QED) is 0.678. The minimum absolute atomic E-state index is 0.150. The van der Waals surface area contributed by atoms with Gasteiger partial charge in [-0.3, -0.25) is 0 Å². The van der Waals surface area contributed by atoms with Gasteiger partial charge in [-0.15, -0.1) is 0 Å². The van der Waals surface area contributed by atoms with E-state index < -0.39 is 9.84 Å². The molecule has 2 unspecified atom stereocenters. The van der Waals surface area contributed by atoms with Crippen molar-refractivity contribution in [1.29, 1.82) is 0 Å². The zero-order chi connectivity index (χ0) is 13.8. The van der Waals surface area contributed by atoms with Crippen molar-refractivity contribution in [2.24, 2.45) is 0 Å². The van der Waals surface area contributed by atoms with Gasteiger partial charge in [-0.1, -0.05) is 6.92 Å². The molecule has 0 spiro atoms.